The van der Waals surface area contributed by atoms with Gasteiger partial charge in [-0.05, 0) is 24.1 Å². The Balaban J connectivity index is 0.000000225. The molecule has 0 fully saturated rings. The Morgan fingerprint density at radius 2 is 1.39 bits per heavy atom. The van der Waals surface area contributed by atoms with Crippen LogP contribution in [0.3, 0.4) is 0 Å². The van der Waals surface area contributed by atoms with Gasteiger partial charge in [0.25, 0.3) is 0 Å². The summed E-state index contributed by atoms with van der Waals surface area (Å²) in [5.74, 6) is -0.849. The molecule has 2 aromatic rings. The number of carboxylic acid groups (broad SMARTS) is 1. The van der Waals surface area contributed by atoms with Crippen molar-refractivity contribution in [1.29, 1.82) is 0 Å². The monoisotopic (exact) mass is 261 g/mol. The molecule has 0 saturated heterocycles. The van der Waals surface area contributed by atoms with Crippen LogP contribution in [0.15, 0.2) is 71.6 Å². The van der Waals surface area contributed by atoms with Crippen molar-refractivity contribution in [2.24, 2.45) is 0 Å². The molecule has 0 radical (unpaired) electrons. The molecule has 4 heteroatoms. The van der Waals surface area contributed by atoms with E-state index >= 15 is 0 Å². The average Bonchev–Trinajstić information content (AvgIpc) is 2.42. The first-order valence-electron chi connectivity index (χ1n) is 5.45. The van der Waals surface area contributed by atoms with Gasteiger partial charge in [0.15, 0.2) is 0 Å². The molecular formula is C14H15NO2S. The molecule has 0 unspecified atom stereocenters. The van der Waals surface area contributed by atoms with Gasteiger partial charge in [-0.25, -0.2) is 4.72 Å². The van der Waals surface area contributed by atoms with E-state index in [0.717, 1.165) is 4.90 Å². The van der Waals surface area contributed by atoms with Crippen molar-refractivity contribution in [3.05, 3.63) is 66.7 Å². The summed E-state index contributed by atoms with van der Waals surface area (Å²) >= 11 is 1.32. The van der Waals surface area contributed by atoms with Crippen LogP contribution in [0, 0.1) is 0 Å². The van der Waals surface area contributed by atoms with E-state index < -0.39 is 5.97 Å². The van der Waals surface area contributed by atoms with Gasteiger partial charge >= 0.3 is 5.97 Å². The Morgan fingerprint density at radius 3 is 1.83 bits per heavy atom. The number of nitrogens with one attached hydrogen (secondary N) is 1. The SMILES string of the molecule is O=C(O)CNSc1ccccc1.c1ccccc1. The van der Waals surface area contributed by atoms with Gasteiger partial charge in [0.1, 0.15) is 6.54 Å². The van der Waals surface area contributed by atoms with Crippen molar-refractivity contribution in [3.8, 4) is 0 Å². The first kappa shape index (κ1) is 14.3. The van der Waals surface area contributed by atoms with E-state index in [2.05, 4.69) is 4.72 Å². The fraction of sp³-hybridized carbons (Fsp3) is 0.0714. The number of aliphatic carboxylic acids is 1. The van der Waals surface area contributed by atoms with E-state index in [1.165, 1.54) is 11.9 Å². The van der Waals surface area contributed by atoms with E-state index in [1.54, 1.807) is 0 Å². The van der Waals surface area contributed by atoms with Crippen LogP contribution >= 0.6 is 11.9 Å². The van der Waals surface area contributed by atoms with E-state index in [1.807, 2.05) is 66.7 Å². The molecule has 2 aromatic carbocycles. The van der Waals surface area contributed by atoms with Gasteiger partial charge in [0, 0.05) is 4.90 Å². The van der Waals surface area contributed by atoms with Crippen LogP contribution in [0.5, 0.6) is 0 Å². The predicted molar refractivity (Wildman–Crippen MR) is 74.4 cm³/mol. The van der Waals surface area contributed by atoms with Crippen LogP contribution < -0.4 is 4.72 Å². The summed E-state index contributed by atoms with van der Waals surface area (Å²) in [6, 6.07) is 21.6. The third-order valence-electron chi connectivity index (χ3n) is 1.82. The van der Waals surface area contributed by atoms with Gasteiger partial charge in [-0.3, -0.25) is 4.79 Å². The molecule has 2 N–H and O–H groups in total. The Hall–Kier alpha value is -1.78. The first-order chi connectivity index (χ1) is 8.79. The molecule has 0 heterocycles. The zero-order valence-electron chi connectivity index (χ0n) is 9.82. The molecular weight excluding hydrogens is 246 g/mol. The second kappa shape index (κ2) is 9.27. The maximum Gasteiger partial charge on any atom is 0.318 e. The topological polar surface area (TPSA) is 49.3 Å². The standard InChI is InChI=1S/C8H9NO2S.C6H6/c10-8(11)6-9-12-7-4-2-1-3-5-7;1-2-4-6-5-3-1/h1-5,9H,6H2,(H,10,11);1-6H. The number of carboxylic acids is 1. The molecule has 0 aliphatic heterocycles. The zero-order valence-corrected chi connectivity index (χ0v) is 10.6. The lowest BCUT2D eigenvalue weighted by Gasteiger charge is -1.99. The molecule has 2 rings (SSSR count). The first-order valence-corrected chi connectivity index (χ1v) is 6.27. The molecule has 0 aromatic heterocycles. The number of hydrogen-bond acceptors (Lipinski definition) is 3. The second-order valence-electron chi connectivity index (χ2n) is 3.28. The molecule has 0 saturated carbocycles. The smallest absolute Gasteiger partial charge is 0.318 e. The molecule has 0 bridgehead atoms. The van der Waals surface area contributed by atoms with Crippen LogP contribution in [-0.2, 0) is 4.79 Å². The lowest BCUT2D eigenvalue weighted by atomic mass is 10.4. The fourth-order valence-electron chi connectivity index (χ4n) is 1.05. The van der Waals surface area contributed by atoms with E-state index in [4.69, 9.17) is 5.11 Å². The van der Waals surface area contributed by atoms with Crippen molar-refractivity contribution in [3.63, 3.8) is 0 Å². The summed E-state index contributed by atoms with van der Waals surface area (Å²) in [5.41, 5.74) is 0. The van der Waals surface area contributed by atoms with Crippen molar-refractivity contribution >= 4 is 17.9 Å². The maximum atomic E-state index is 10.1. The van der Waals surface area contributed by atoms with Crippen LogP contribution in [0.4, 0.5) is 0 Å². The quantitative estimate of drug-likeness (QED) is 0.830. The summed E-state index contributed by atoms with van der Waals surface area (Å²) in [5, 5.41) is 8.32. The van der Waals surface area contributed by atoms with Crippen molar-refractivity contribution in [1.82, 2.24) is 4.72 Å². The van der Waals surface area contributed by atoms with Crippen molar-refractivity contribution in [2.75, 3.05) is 6.54 Å². The molecule has 18 heavy (non-hydrogen) atoms. The molecule has 94 valence electrons. The van der Waals surface area contributed by atoms with Gasteiger partial charge in [0.2, 0.25) is 0 Å². The van der Waals surface area contributed by atoms with E-state index in [-0.39, 0.29) is 6.54 Å². The van der Waals surface area contributed by atoms with Gasteiger partial charge in [-0.15, -0.1) is 0 Å². The lowest BCUT2D eigenvalue weighted by molar-refractivity contribution is -0.135. The van der Waals surface area contributed by atoms with E-state index in [9.17, 15) is 4.79 Å². The number of benzene rings is 2. The van der Waals surface area contributed by atoms with Gasteiger partial charge in [-0.1, -0.05) is 54.6 Å². The third-order valence-corrected chi connectivity index (χ3v) is 2.62. The normalized spacial score (nSPS) is 9.11. The minimum atomic E-state index is -0.849. The highest BCUT2D eigenvalue weighted by atomic mass is 32.2. The summed E-state index contributed by atoms with van der Waals surface area (Å²) in [6.45, 7) is -0.0282. The van der Waals surface area contributed by atoms with Crippen molar-refractivity contribution < 1.29 is 9.90 Å². The Morgan fingerprint density at radius 1 is 0.944 bits per heavy atom. The minimum Gasteiger partial charge on any atom is -0.480 e. The van der Waals surface area contributed by atoms with Crippen LogP contribution in [0.25, 0.3) is 0 Å². The number of carbonyl (C=O) groups is 1. The Bertz CT molecular complexity index is 407. The second-order valence-corrected chi connectivity index (χ2v) is 4.25. The molecule has 0 aliphatic rings. The number of hydrogen-bond donors (Lipinski definition) is 2. The Labute approximate surface area is 111 Å². The number of rotatable bonds is 4. The average molecular weight is 261 g/mol. The zero-order chi connectivity index (χ0) is 13.1. The molecule has 0 atom stereocenters. The highest BCUT2D eigenvalue weighted by molar-refractivity contribution is 7.97. The van der Waals surface area contributed by atoms with Crippen LogP contribution in [0.2, 0.25) is 0 Å². The molecule has 3 nitrogen and oxygen atoms in total. The minimum absolute atomic E-state index is 0.0282. The molecule has 0 amide bonds. The van der Waals surface area contributed by atoms with Gasteiger partial charge < -0.3 is 5.11 Å². The maximum absolute atomic E-state index is 10.1. The highest BCUT2D eigenvalue weighted by Crippen LogP contribution is 2.11. The lowest BCUT2D eigenvalue weighted by Crippen LogP contribution is -2.15. The summed E-state index contributed by atoms with van der Waals surface area (Å²) < 4.78 is 2.72. The Kier molecular flexibility index (Phi) is 7.36. The van der Waals surface area contributed by atoms with Gasteiger partial charge in [-0.2, -0.15) is 0 Å². The predicted octanol–water partition coefficient (Wildman–Crippen LogP) is 3.05. The molecule has 0 aliphatic carbocycles. The van der Waals surface area contributed by atoms with Gasteiger partial charge in [0.05, 0.1) is 0 Å². The van der Waals surface area contributed by atoms with E-state index in [0.29, 0.717) is 0 Å². The van der Waals surface area contributed by atoms with Crippen molar-refractivity contribution in [2.45, 2.75) is 4.90 Å². The van der Waals surface area contributed by atoms with Crippen LogP contribution in [-0.4, -0.2) is 17.6 Å². The summed E-state index contributed by atoms with van der Waals surface area (Å²) in [4.78, 5) is 11.1. The molecule has 0 spiro atoms. The largest absolute Gasteiger partial charge is 0.480 e. The highest BCUT2D eigenvalue weighted by Gasteiger charge is 1.95. The summed E-state index contributed by atoms with van der Waals surface area (Å²) in [6.07, 6.45) is 0. The van der Waals surface area contributed by atoms with Crippen LogP contribution in [0.1, 0.15) is 0 Å². The fourth-order valence-corrected chi connectivity index (χ4v) is 1.71. The summed E-state index contributed by atoms with van der Waals surface area (Å²) in [7, 11) is 0. The third kappa shape index (κ3) is 7.49.